The van der Waals surface area contributed by atoms with E-state index in [0.717, 1.165) is 22.9 Å². The summed E-state index contributed by atoms with van der Waals surface area (Å²) in [7, 11) is -2.82. The summed E-state index contributed by atoms with van der Waals surface area (Å²) in [4.78, 5) is 5.03. The van der Waals surface area contributed by atoms with Crippen molar-refractivity contribution in [2.45, 2.75) is 0 Å². The van der Waals surface area contributed by atoms with Gasteiger partial charge in [-0.2, -0.15) is 4.57 Å². The Morgan fingerprint density at radius 1 is 0.587 bits per heavy atom. The highest BCUT2D eigenvalue weighted by Crippen LogP contribution is 2.59. The highest BCUT2D eigenvalue weighted by atomic mass is 28.3. The van der Waals surface area contributed by atoms with E-state index in [1.54, 1.807) is 0 Å². The maximum Gasteiger partial charge on any atom is 0.352 e. The molecule has 0 radical (unpaired) electrons. The van der Waals surface area contributed by atoms with Crippen LogP contribution in [0, 0.1) is 0 Å². The van der Waals surface area contributed by atoms with Crippen LogP contribution < -0.4 is 39.5 Å². The molecule has 210 valence electrons. The van der Waals surface area contributed by atoms with Gasteiger partial charge in [-0.3, -0.25) is 4.98 Å². The molecule has 6 nitrogen and oxygen atoms in total. The maximum absolute atomic E-state index is 6.95. The molecule has 5 aliphatic heterocycles. The minimum Gasteiger partial charge on any atom is -0.444 e. The van der Waals surface area contributed by atoms with E-state index >= 15 is 0 Å². The zero-order valence-corrected chi connectivity index (χ0v) is 25.3. The van der Waals surface area contributed by atoms with Gasteiger partial charge in [0.05, 0.1) is 10.8 Å². The van der Waals surface area contributed by atoms with E-state index in [4.69, 9.17) is 9.72 Å². The second-order valence-corrected chi connectivity index (χ2v) is 16.6. The Kier molecular flexibility index (Phi) is 3.43. The Morgan fingerprint density at radius 2 is 1.35 bits per heavy atom. The van der Waals surface area contributed by atoms with E-state index in [1.165, 1.54) is 70.8 Å². The minimum atomic E-state index is -2.82. The molecule has 8 aromatic rings. The number of benzene rings is 4. The average Bonchev–Trinajstić information content (AvgIpc) is 3.72. The largest absolute Gasteiger partial charge is 0.444 e. The molecule has 7 heteroatoms. The highest BCUT2D eigenvalue weighted by Gasteiger charge is 2.71. The molecule has 13 rings (SSSR count). The van der Waals surface area contributed by atoms with Crippen LogP contribution in [-0.4, -0.2) is 17.6 Å². The first-order valence-corrected chi connectivity index (χ1v) is 17.8. The quantitative estimate of drug-likeness (QED) is 0.146. The Hall–Kier alpha value is -5.89. The van der Waals surface area contributed by atoms with Gasteiger partial charge in [-0.1, -0.05) is 60.7 Å². The molecule has 0 saturated carbocycles. The Morgan fingerprint density at radius 3 is 2.22 bits per heavy atom. The molecule has 1 unspecified atom stereocenters. The third kappa shape index (κ3) is 2.00. The molecular formula is C39H22N5OSi+3. The van der Waals surface area contributed by atoms with Gasteiger partial charge in [0.25, 0.3) is 11.4 Å². The lowest BCUT2D eigenvalue weighted by Crippen LogP contribution is -2.85. The minimum absolute atomic E-state index is 0.379. The van der Waals surface area contributed by atoms with Crippen molar-refractivity contribution in [3.05, 3.63) is 134 Å². The van der Waals surface area contributed by atoms with Gasteiger partial charge in [0, 0.05) is 44.3 Å². The topological polar surface area (TPSA) is 34.8 Å². The molecule has 0 amide bonds. The summed E-state index contributed by atoms with van der Waals surface area (Å²) in [5, 5.41) is 8.04. The van der Waals surface area contributed by atoms with Gasteiger partial charge in [0.1, 0.15) is 15.8 Å². The molecule has 0 N–H and O–H groups in total. The first kappa shape index (κ1) is 22.6. The maximum atomic E-state index is 6.95. The number of rotatable bonds is 0. The molecule has 46 heavy (non-hydrogen) atoms. The Labute approximate surface area is 263 Å². The molecular weight excluding hydrogens is 583 g/mol. The number of hydrogen-bond acceptors (Lipinski definition) is 2. The van der Waals surface area contributed by atoms with Crippen LogP contribution in [0.15, 0.2) is 134 Å². The van der Waals surface area contributed by atoms with Crippen LogP contribution in [0.2, 0.25) is 0 Å². The van der Waals surface area contributed by atoms with Crippen molar-refractivity contribution in [2.24, 2.45) is 0 Å². The number of fused-ring (bicyclic) bond motifs is 10. The lowest BCUT2D eigenvalue weighted by molar-refractivity contribution is -1.02. The van der Waals surface area contributed by atoms with Gasteiger partial charge >= 0.3 is 11.3 Å². The van der Waals surface area contributed by atoms with Gasteiger partial charge < -0.3 is 4.74 Å². The fraction of sp³-hybridized carbons (Fsp3) is 0. The number of aromatic nitrogens is 4. The van der Waals surface area contributed by atoms with Crippen LogP contribution >= 0.6 is 0 Å². The molecule has 1 atom stereocenters. The molecule has 4 aromatic heterocycles. The first-order valence-electron chi connectivity index (χ1n) is 15.8. The van der Waals surface area contributed by atoms with Gasteiger partial charge in [0.2, 0.25) is 17.6 Å². The molecule has 0 saturated heterocycles. The summed E-state index contributed by atoms with van der Waals surface area (Å²) in [6.45, 7) is 0. The molecule has 2 spiro atoms. The molecule has 0 aliphatic carbocycles. The van der Waals surface area contributed by atoms with Gasteiger partial charge in [0.15, 0.2) is 20.0 Å². The average molecular weight is 605 g/mol. The van der Waals surface area contributed by atoms with Crippen molar-refractivity contribution in [3.8, 4) is 39.6 Å². The third-order valence-corrected chi connectivity index (χ3v) is 16.1. The van der Waals surface area contributed by atoms with Crippen molar-refractivity contribution < 1.29 is 14.1 Å². The fourth-order valence-electron chi connectivity index (χ4n) is 9.88. The number of hydrogen-bond donors (Lipinski definition) is 0. The smallest absolute Gasteiger partial charge is 0.352 e. The summed E-state index contributed by atoms with van der Waals surface area (Å²) in [5.41, 5.74) is 11.1. The number of ether oxygens (including phenoxy) is 1. The van der Waals surface area contributed by atoms with E-state index in [2.05, 4.69) is 148 Å². The Bertz CT molecular complexity index is 2750. The summed E-state index contributed by atoms with van der Waals surface area (Å²) in [6, 6.07) is 40.4. The zero-order chi connectivity index (χ0) is 29.5. The lowest BCUT2D eigenvalue weighted by Gasteiger charge is -2.38. The van der Waals surface area contributed by atoms with E-state index in [9.17, 15) is 0 Å². The van der Waals surface area contributed by atoms with Gasteiger partial charge in [-0.15, -0.1) is 0 Å². The van der Waals surface area contributed by atoms with E-state index in [1.807, 2.05) is 0 Å². The van der Waals surface area contributed by atoms with Crippen LogP contribution in [-0.2, 0) is 0 Å². The van der Waals surface area contributed by atoms with Crippen molar-refractivity contribution in [3.63, 3.8) is 0 Å². The predicted molar refractivity (Wildman–Crippen MR) is 179 cm³/mol. The van der Waals surface area contributed by atoms with E-state index < -0.39 is 8.07 Å². The normalized spacial score (nSPS) is 18.4. The summed E-state index contributed by atoms with van der Waals surface area (Å²) in [5.74, 6) is 1.79. The van der Waals surface area contributed by atoms with Crippen LogP contribution in [0.25, 0.3) is 50.0 Å². The monoisotopic (exact) mass is 604 g/mol. The first-order chi connectivity index (χ1) is 22.8. The van der Waals surface area contributed by atoms with Crippen molar-refractivity contribution in [2.75, 3.05) is 0 Å². The van der Waals surface area contributed by atoms with Crippen molar-refractivity contribution in [1.82, 2.24) is 14.3 Å². The third-order valence-electron chi connectivity index (χ3n) is 11.3. The molecule has 9 heterocycles. The lowest BCUT2D eigenvalue weighted by atomic mass is 10.1. The summed E-state index contributed by atoms with van der Waals surface area (Å²) < 4.78 is 14.8. The highest BCUT2D eigenvalue weighted by molar-refractivity contribution is 7.23. The van der Waals surface area contributed by atoms with Gasteiger partial charge in [-0.05, 0) is 57.9 Å². The number of nitrogens with zero attached hydrogens (tertiary/aromatic N) is 5. The SMILES string of the molecule is c1ccc2c(c1)-c1ccccc1[Si]21c2ccc3c4c2-n2c5c1cncc5c1ccc[n+](c12)[N+]41c2c(cccc2-c2cccc[n+]21)O3. The summed E-state index contributed by atoms with van der Waals surface area (Å²) in [6.07, 6.45) is 8.76. The van der Waals surface area contributed by atoms with Crippen LogP contribution in [0.3, 0.4) is 0 Å². The van der Waals surface area contributed by atoms with Gasteiger partial charge in [-0.25, -0.2) is 0 Å². The Balaban J connectivity index is 1.37. The molecule has 0 bridgehead atoms. The summed E-state index contributed by atoms with van der Waals surface area (Å²) >= 11 is 0. The molecule has 4 aromatic carbocycles. The second kappa shape index (κ2) is 6.99. The fourth-order valence-corrected chi connectivity index (χ4v) is 15.3. The second-order valence-electron chi connectivity index (χ2n) is 12.9. The zero-order valence-electron chi connectivity index (χ0n) is 24.3. The van der Waals surface area contributed by atoms with Crippen LogP contribution in [0.4, 0.5) is 11.4 Å². The van der Waals surface area contributed by atoms with Crippen molar-refractivity contribution >= 4 is 62.1 Å². The molecule has 5 aliphatic rings. The number of quaternary nitrogens is 1. The number of pyridine rings is 3. The van der Waals surface area contributed by atoms with Crippen LogP contribution in [0.1, 0.15) is 0 Å². The standard InChI is InChI=1S/C39H22N5OSi/c1-3-15-31-23(9-1)24-10-2-4-16-32(24)46(31)33-18-17-30-38-36(33)43-35-27(21-40-22-34(35)46)25-12-8-20-42(39(25)43)44(38)37-26(11-7-14-29(37)45-30)28-13-5-6-19-41(28)44/h1-22H/q+3. The van der Waals surface area contributed by atoms with E-state index in [0.29, 0.717) is 4.70 Å². The van der Waals surface area contributed by atoms with Crippen LogP contribution in [0.5, 0.6) is 11.5 Å². The number of para-hydroxylation sites is 1. The predicted octanol–water partition coefficient (Wildman–Crippen LogP) is 4.39. The van der Waals surface area contributed by atoms with E-state index in [-0.39, 0.29) is 0 Å². The van der Waals surface area contributed by atoms with Crippen molar-refractivity contribution in [1.29, 1.82) is 0 Å². The molecule has 0 fully saturated rings.